The number of hydrogen-bond donors (Lipinski definition) is 0. The molecule has 1 amide bonds. The Labute approximate surface area is 162 Å². The van der Waals surface area contributed by atoms with E-state index in [2.05, 4.69) is 17.0 Å². The molecule has 0 saturated carbocycles. The predicted octanol–water partition coefficient (Wildman–Crippen LogP) is 4.34. The molecule has 1 fully saturated rings. The molecule has 0 atom stereocenters. The van der Waals surface area contributed by atoms with Gasteiger partial charge in [-0.1, -0.05) is 37.1 Å². The first-order chi connectivity index (χ1) is 13.2. The first kappa shape index (κ1) is 19.4. The topological polar surface area (TPSA) is 32.8 Å². The lowest BCUT2D eigenvalue weighted by atomic mass is 10.1. The van der Waals surface area contributed by atoms with Gasteiger partial charge in [-0.2, -0.15) is 0 Å². The van der Waals surface area contributed by atoms with Gasteiger partial charge in [0.05, 0.1) is 7.11 Å². The number of methoxy groups -OCH3 is 1. The Bertz CT molecular complexity index is 717. The maximum absolute atomic E-state index is 12.7. The van der Waals surface area contributed by atoms with E-state index in [1.54, 1.807) is 12.0 Å². The van der Waals surface area contributed by atoms with Crippen LogP contribution in [-0.2, 0) is 13.1 Å². The van der Waals surface area contributed by atoms with Gasteiger partial charge < -0.3 is 9.64 Å². The predicted molar refractivity (Wildman–Crippen MR) is 109 cm³/mol. The van der Waals surface area contributed by atoms with Gasteiger partial charge in [0, 0.05) is 25.7 Å². The van der Waals surface area contributed by atoms with Crippen LogP contribution in [0.2, 0.25) is 0 Å². The Balaban J connectivity index is 1.57. The summed E-state index contributed by atoms with van der Waals surface area (Å²) < 4.78 is 5.18. The van der Waals surface area contributed by atoms with Crippen LogP contribution in [0.3, 0.4) is 0 Å². The van der Waals surface area contributed by atoms with E-state index in [9.17, 15) is 4.79 Å². The van der Waals surface area contributed by atoms with Crippen LogP contribution in [0.1, 0.15) is 47.2 Å². The van der Waals surface area contributed by atoms with Crippen molar-refractivity contribution < 1.29 is 9.53 Å². The summed E-state index contributed by atoms with van der Waals surface area (Å²) in [6.07, 6.45) is 5.30. The van der Waals surface area contributed by atoms with Gasteiger partial charge in [0.2, 0.25) is 0 Å². The van der Waals surface area contributed by atoms with Gasteiger partial charge in [0.25, 0.3) is 5.91 Å². The summed E-state index contributed by atoms with van der Waals surface area (Å²) in [7, 11) is 3.50. The van der Waals surface area contributed by atoms with Crippen LogP contribution in [-0.4, -0.2) is 43.0 Å². The molecule has 0 unspecified atom stereocenters. The molecule has 0 aromatic heterocycles. The van der Waals surface area contributed by atoms with E-state index < -0.39 is 0 Å². The zero-order valence-electron chi connectivity index (χ0n) is 16.5. The number of carbonyl (C=O) groups is 1. The third-order valence-corrected chi connectivity index (χ3v) is 5.23. The van der Waals surface area contributed by atoms with Crippen molar-refractivity contribution in [3.8, 4) is 5.75 Å². The first-order valence-corrected chi connectivity index (χ1v) is 9.85. The minimum Gasteiger partial charge on any atom is -0.497 e. The van der Waals surface area contributed by atoms with Crippen molar-refractivity contribution in [2.75, 3.05) is 27.2 Å². The second-order valence-electron chi connectivity index (χ2n) is 7.40. The molecule has 1 saturated heterocycles. The summed E-state index contributed by atoms with van der Waals surface area (Å²) in [6.45, 7) is 3.94. The van der Waals surface area contributed by atoms with Crippen LogP contribution < -0.4 is 4.74 Å². The van der Waals surface area contributed by atoms with Crippen LogP contribution >= 0.6 is 0 Å². The molecular formula is C23H30N2O2. The van der Waals surface area contributed by atoms with Crippen LogP contribution in [0.15, 0.2) is 48.5 Å². The summed E-state index contributed by atoms with van der Waals surface area (Å²) in [4.78, 5) is 17.0. The van der Waals surface area contributed by atoms with Gasteiger partial charge in [-0.15, -0.1) is 0 Å². The Morgan fingerprint density at radius 2 is 1.52 bits per heavy atom. The lowest BCUT2D eigenvalue weighted by Crippen LogP contribution is -2.26. The summed E-state index contributed by atoms with van der Waals surface area (Å²) >= 11 is 0. The van der Waals surface area contributed by atoms with Gasteiger partial charge in [-0.05, 0) is 61.3 Å². The average molecular weight is 367 g/mol. The molecule has 1 aliphatic heterocycles. The lowest BCUT2D eigenvalue weighted by Gasteiger charge is -2.20. The highest BCUT2D eigenvalue weighted by Crippen LogP contribution is 2.16. The van der Waals surface area contributed by atoms with Crippen LogP contribution in [0.25, 0.3) is 0 Å². The average Bonchev–Trinajstić information content (AvgIpc) is 2.97. The van der Waals surface area contributed by atoms with Crippen LogP contribution in [0.4, 0.5) is 0 Å². The zero-order valence-corrected chi connectivity index (χ0v) is 16.5. The molecular weight excluding hydrogens is 336 g/mol. The van der Waals surface area contributed by atoms with Gasteiger partial charge in [-0.25, -0.2) is 0 Å². The highest BCUT2D eigenvalue weighted by atomic mass is 16.5. The van der Waals surface area contributed by atoms with E-state index in [1.165, 1.54) is 44.3 Å². The van der Waals surface area contributed by atoms with E-state index >= 15 is 0 Å². The number of amides is 1. The van der Waals surface area contributed by atoms with Crippen molar-refractivity contribution in [2.24, 2.45) is 0 Å². The van der Waals surface area contributed by atoms with Gasteiger partial charge >= 0.3 is 0 Å². The number of nitrogens with zero attached hydrogens (tertiary/aromatic N) is 2. The quantitative estimate of drug-likeness (QED) is 0.762. The third kappa shape index (κ3) is 5.57. The fourth-order valence-electron chi connectivity index (χ4n) is 3.60. The standard InChI is InChI=1S/C23H30N2O2/c1-24(17-19-9-13-22(27-2)14-10-19)23(26)21-11-7-20(8-12-21)18-25-15-5-3-4-6-16-25/h7-14H,3-6,15-18H2,1-2H3. The molecule has 0 N–H and O–H groups in total. The SMILES string of the molecule is COc1ccc(CN(C)C(=O)c2ccc(CN3CCCCCC3)cc2)cc1. The number of hydrogen-bond acceptors (Lipinski definition) is 3. The second-order valence-corrected chi connectivity index (χ2v) is 7.40. The minimum atomic E-state index is 0.0483. The molecule has 1 aliphatic rings. The molecule has 1 heterocycles. The van der Waals surface area contributed by atoms with E-state index in [4.69, 9.17) is 4.74 Å². The van der Waals surface area contributed by atoms with Crippen LogP contribution in [0, 0.1) is 0 Å². The summed E-state index contributed by atoms with van der Waals surface area (Å²) in [5.74, 6) is 0.875. The maximum Gasteiger partial charge on any atom is 0.253 e. The normalized spacial score (nSPS) is 15.2. The number of carbonyl (C=O) groups excluding carboxylic acids is 1. The second kappa shape index (κ2) is 9.56. The van der Waals surface area contributed by atoms with Crippen molar-refractivity contribution in [1.82, 2.24) is 9.80 Å². The zero-order chi connectivity index (χ0) is 19.1. The van der Waals surface area contributed by atoms with E-state index in [-0.39, 0.29) is 5.91 Å². The number of benzene rings is 2. The summed E-state index contributed by atoms with van der Waals surface area (Å²) in [5.41, 5.74) is 3.11. The Morgan fingerprint density at radius 1 is 0.926 bits per heavy atom. The number of likely N-dealkylation sites (tertiary alicyclic amines) is 1. The summed E-state index contributed by atoms with van der Waals surface area (Å²) in [6, 6.07) is 15.9. The van der Waals surface area contributed by atoms with Gasteiger partial charge in [0.15, 0.2) is 0 Å². The number of rotatable bonds is 6. The van der Waals surface area contributed by atoms with E-state index in [0.29, 0.717) is 6.54 Å². The third-order valence-electron chi connectivity index (χ3n) is 5.23. The fraction of sp³-hybridized carbons (Fsp3) is 0.435. The van der Waals surface area contributed by atoms with Crippen molar-refractivity contribution in [3.05, 3.63) is 65.2 Å². The van der Waals surface area contributed by atoms with Gasteiger partial charge in [-0.3, -0.25) is 9.69 Å². The molecule has 0 radical (unpaired) electrons. The Kier molecular flexibility index (Phi) is 6.88. The largest absolute Gasteiger partial charge is 0.497 e. The maximum atomic E-state index is 12.7. The molecule has 144 valence electrons. The van der Waals surface area contributed by atoms with Crippen molar-refractivity contribution in [3.63, 3.8) is 0 Å². The smallest absolute Gasteiger partial charge is 0.253 e. The minimum absolute atomic E-state index is 0.0483. The van der Waals surface area contributed by atoms with Crippen LogP contribution in [0.5, 0.6) is 5.75 Å². The van der Waals surface area contributed by atoms with Crippen molar-refractivity contribution >= 4 is 5.91 Å². The molecule has 27 heavy (non-hydrogen) atoms. The molecule has 0 spiro atoms. The van der Waals surface area contributed by atoms with Gasteiger partial charge in [0.1, 0.15) is 5.75 Å². The molecule has 4 heteroatoms. The molecule has 0 aliphatic carbocycles. The molecule has 2 aromatic carbocycles. The molecule has 0 bridgehead atoms. The lowest BCUT2D eigenvalue weighted by molar-refractivity contribution is 0.0785. The first-order valence-electron chi connectivity index (χ1n) is 9.85. The molecule has 4 nitrogen and oxygen atoms in total. The highest BCUT2D eigenvalue weighted by Gasteiger charge is 2.13. The number of ether oxygens (including phenoxy) is 1. The Morgan fingerprint density at radius 3 is 2.11 bits per heavy atom. The fourth-order valence-corrected chi connectivity index (χ4v) is 3.60. The van der Waals surface area contributed by atoms with E-state index in [0.717, 1.165) is 23.4 Å². The monoisotopic (exact) mass is 366 g/mol. The molecule has 2 aromatic rings. The Hall–Kier alpha value is -2.33. The highest BCUT2D eigenvalue weighted by molar-refractivity contribution is 5.94. The summed E-state index contributed by atoms with van der Waals surface area (Å²) in [5, 5.41) is 0. The molecule has 3 rings (SSSR count). The van der Waals surface area contributed by atoms with Crippen molar-refractivity contribution in [1.29, 1.82) is 0 Å². The van der Waals surface area contributed by atoms with E-state index in [1.807, 2.05) is 43.4 Å². The van der Waals surface area contributed by atoms with Crippen molar-refractivity contribution in [2.45, 2.75) is 38.8 Å².